The van der Waals surface area contributed by atoms with Gasteiger partial charge in [0.2, 0.25) is 5.91 Å². The first-order valence-electron chi connectivity index (χ1n) is 8.90. The van der Waals surface area contributed by atoms with Crippen LogP contribution in [0.5, 0.6) is 5.75 Å². The zero-order valence-corrected chi connectivity index (χ0v) is 15.1. The molecule has 6 nitrogen and oxygen atoms in total. The fourth-order valence-corrected chi connectivity index (χ4v) is 2.91. The van der Waals surface area contributed by atoms with Gasteiger partial charge in [0.05, 0.1) is 11.6 Å². The van der Waals surface area contributed by atoms with Crippen molar-refractivity contribution in [3.8, 4) is 11.8 Å². The van der Waals surface area contributed by atoms with Gasteiger partial charge in [0.15, 0.2) is 6.10 Å². The predicted octanol–water partition coefficient (Wildman–Crippen LogP) is 2.77. The maximum atomic E-state index is 12.2. The molecule has 0 radical (unpaired) electrons. The molecule has 1 N–H and O–H groups in total. The lowest BCUT2D eigenvalue weighted by Crippen LogP contribution is -2.35. The summed E-state index contributed by atoms with van der Waals surface area (Å²) in [5, 5.41) is 11.6. The van der Waals surface area contributed by atoms with Crippen LogP contribution in [0.15, 0.2) is 48.5 Å². The molecule has 138 valence electrons. The Morgan fingerprint density at radius 2 is 1.93 bits per heavy atom. The quantitative estimate of drug-likeness (QED) is 0.855. The number of rotatable bonds is 6. The molecule has 6 heteroatoms. The van der Waals surface area contributed by atoms with Crippen LogP contribution in [0.3, 0.4) is 0 Å². The summed E-state index contributed by atoms with van der Waals surface area (Å²) in [5.41, 5.74) is 2.38. The number of carbonyl (C=O) groups excluding carboxylic acids is 2. The molecule has 3 rings (SSSR count). The maximum Gasteiger partial charge on any atom is 0.261 e. The fourth-order valence-electron chi connectivity index (χ4n) is 2.91. The van der Waals surface area contributed by atoms with Gasteiger partial charge >= 0.3 is 0 Å². The van der Waals surface area contributed by atoms with Crippen molar-refractivity contribution in [2.24, 2.45) is 0 Å². The maximum absolute atomic E-state index is 12.2. The number of nitrogens with zero attached hydrogens (tertiary/aromatic N) is 2. The van der Waals surface area contributed by atoms with E-state index < -0.39 is 6.10 Å². The molecular weight excluding hydrogens is 342 g/mol. The Kier molecular flexibility index (Phi) is 5.72. The van der Waals surface area contributed by atoms with E-state index in [1.165, 1.54) is 0 Å². The molecule has 1 atom stereocenters. The molecule has 27 heavy (non-hydrogen) atoms. The van der Waals surface area contributed by atoms with Gasteiger partial charge < -0.3 is 15.0 Å². The van der Waals surface area contributed by atoms with Gasteiger partial charge in [-0.25, -0.2) is 0 Å². The Labute approximate surface area is 158 Å². The monoisotopic (exact) mass is 363 g/mol. The number of benzene rings is 2. The van der Waals surface area contributed by atoms with Crippen molar-refractivity contribution in [2.75, 3.05) is 11.4 Å². The smallest absolute Gasteiger partial charge is 0.261 e. The molecule has 1 aliphatic heterocycles. The SMILES string of the molecule is CC(Oc1ccc(C#N)cc1)C(=O)NCc1ccc(N2CCCC2=O)cc1. The summed E-state index contributed by atoms with van der Waals surface area (Å²) in [5.74, 6) is 0.472. The molecule has 0 bridgehead atoms. The third-order valence-corrected chi connectivity index (χ3v) is 4.45. The Balaban J connectivity index is 1.50. The first-order chi connectivity index (χ1) is 13.1. The van der Waals surface area contributed by atoms with Gasteiger partial charge in [-0.05, 0) is 55.3 Å². The molecule has 1 heterocycles. The molecule has 0 aromatic heterocycles. The number of ether oxygens (including phenoxy) is 1. The van der Waals surface area contributed by atoms with E-state index in [1.807, 2.05) is 30.3 Å². The van der Waals surface area contributed by atoms with Crippen molar-refractivity contribution < 1.29 is 14.3 Å². The van der Waals surface area contributed by atoms with Crippen LogP contribution in [0, 0.1) is 11.3 Å². The summed E-state index contributed by atoms with van der Waals surface area (Å²) in [6.45, 7) is 2.82. The van der Waals surface area contributed by atoms with E-state index >= 15 is 0 Å². The van der Waals surface area contributed by atoms with Gasteiger partial charge in [-0.2, -0.15) is 5.26 Å². The third kappa shape index (κ3) is 4.64. The first-order valence-corrected chi connectivity index (χ1v) is 8.90. The number of amides is 2. The molecule has 2 aromatic rings. The van der Waals surface area contributed by atoms with E-state index in [4.69, 9.17) is 10.00 Å². The fraction of sp³-hybridized carbons (Fsp3) is 0.286. The zero-order chi connectivity index (χ0) is 19.2. The number of nitriles is 1. The highest BCUT2D eigenvalue weighted by Gasteiger charge is 2.21. The Morgan fingerprint density at radius 1 is 1.22 bits per heavy atom. The summed E-state index contributed by atoms with van der Waals surface area (Å²) in [4.78, 5) is 25.8. The highest BCUT2D eigenvalue weighted by Crippen LogP contribution is 2.21. The molecule has 1 fully saturated rings. The third-order valence-electron chi connectivity index (χ3n) is 4.45. The number of nitrogens with one attached hydrogen (secondary N) is 1. The lowest BCUT2D eigenvalue weighted by Gasteiger charge is -2.17. The van der Waals surface area contributed by atoms with Crippen molar-refractivity contribution in [1.82, 2.24) is 5.32 Å². The van der Waals surface area contributed by atoms with Gasteiger partial charge in [-0.15, -0.1) is 0 Å². The Bertz CT molecular complexity index is 854. The van der Waals surface area contributed by atoms with Crippen molar-refractivity contribution in [2.45, 2.75) is 32.4 Å². The molecule has 0 aliphatic carbocycles. The van der Waals surface area contributed by atoms with E-state index in [1.54, 1.807) is 36.1 Å². The first kappa shape index (κ1) is 18.5. The van der Waals surface area contributed by atoms with Crippen LogP contribution in [-0.4, -0.2) is 24.5 Å². The van der Waals surface area contributed by atoms with Crippen LogP contribution in [0.25, 0.3) is 0 Å². The molecule has 1 saturated heterocycles. The van der Waals surface area contributed by atoms with E-state index in [0.717, 1.165) is 24.2 Å². The summed E-state index contributed by atoms with van der Waals surface area (Å²) in [6, 6.07) is 16.3. The summed E-state index contributed by atoms with van der Waals surface area (Å²) in [7, 11) is 0. The molecule has 2 amide bonds. The molecule has 1 unspecified atom stereocenters. The van der Waals surface area contributed by atoms with Gasteiger partial charge in [0, 0.05) is 25.2 Å². The second kappa shape index (κ2) is 8.37. The normalized spacial score (nSPS) is 14.5. The standard InChI is InChI=1S/C21H21N3O3/c1-15(27-19-10-6-16(13-22)7-11-19)21(26)23-14-17-4-8-18(9-5-17)24-12-2-3-20(24)25/h4-11,15H,2-3,12,14H2,1H3,(H,23,26). The van der Waals surface area contributed by atoms with Crippen LogP contribution < -0.4 is 15.0 Å². The van der Waals surface area contributed by atoms with Gasteiger partial charge in [-0.1, -0.05) is 12.1 Å². The lowest BCUT2D eigenvalue weighted by atomic mass is 10.2. The van der Waals surface area contributed by atoms with Crippen molar-refractivity contribution in [1.29, 1.82) is 5.26 Å². The van der Waals surface area contributed by atoms with Gasteiger partial charge in [0.25, 0.3) is 5.91 Å². The van der Waals surface area contributed by atoms with Crippen LogP contribution in [0.4, 0.5) is 5.69 Å². The average Bonchev–Trinajstić information content (AvgIpc) is 3.13. The number of hydrogen-bond acceptors (Lipinski definition) is 4. The molecule has 2 aromatic carbocycles. The van der Waals surface area contributed by atoms with E-state index in [0.29, 0.717) is 24.3 Å². The summed E-state index contributed by atoms with van der Waals surface area (Å²) >= 11 is 0. The van der Waals surface area contributed by atoms with E-state index in [-0.39, 0.29) is 11.8 Å². The molecular formula is C21H21N3O3. The topological polar surface area (TPSA) is 82.4 Å². The largest absolute Gasteiger partial charge is 0.481 e. The lowest BCUT2D eigenvalue weighted by molar-refractivity contribution is -0.127. The summed E-state index contributed by atoms with van der Waals surface area (Å²) < 4.78 is 5.60. The minimum Gasteiger partial charge on any atom is -0.481 e. The second-order valence-corrected chi connectivity index (χ2v) is 6.43. The number of hydrogen-bond donors (Lipinski definition) is 1. The van der Waals surface area contributed by atoms with E-state index in [9.17, 15) is 9.59 Å². The summed E-state index contributed by atoms with van der Waals surface area (Å²) in [6.07, 6.45) is 0.849. The molecule has 0 spiro atoms. The minimum atomic E-state index is -0.653. The molecule has 1 aliphatic rings. The van der Waals surface area contributed by atoms with Crippen molar-refractivity contribution in [3.63, 3.8) is 0 Å². The van der Waals surface area contributed by atoms with Gasteiger partial charge in [-0.3, -0.25) is 9.59 Å². The van der Waals surface area contributed by atoms with Crippen LogP contribution in [0.1, 0.15) is 30.9 Å². The van der Waals surface area contributed by atoms with Crippen LogP contribution in [-0.2, 0) is 16.1 Å². The van der Waals surface area contributed by atoms with Crippen LogP contribution in [0.2, 0.25) is 0 Å². The molecule has 0 saturated carbocycles. The van der Waals surface area contributed by atoms with E-state index in [2.05, 4.69) is 5.32 Å². The number of anilines is 1. The highest BCUT2D eigenvalue weighted by molar-refractivity contribution is 5.95. The highest BCUT2D eigenvalue weighted by atomic mass is 16.5. The average molecular weight is 363 g/mol. The minimum absolute atomic E-state index is 0.157. The zero-order valence-electron chi connectivity index (χ0n) is 15.1. The van der Waals surface area contributed by atoms with Crippen molar-refractivity contribution >= 4 is 17.5 Å². The number of carbonyl (C=O) groups is 2. The van der Waals surface area contributed by atoms with Gasteiger partial charge in [0.1, 0.15) is 5.75 Å². The predicted molar refractivity (Wildman–Crippen MR) is 101 cm³/mol. The van der Waals surface area contributed by atoms with Crippen molar-refractivity contribution in [3.05, 3.63) is 59.7 Å². The Morgan fingerprint density at radius 3 is 2.52 bits per heavy atom. The Hall–Kier alpha value is -3.33. The van der Waals surface area contributed by atoms with Crippen LogP contribution >= 0.6 is 0 Å². The second-order valence-electron chi connectivity index (χ2n) is 6.43.